The summed E-state index contributed by atoms with van der Waals surface area (Å²) < 4.78 is 15.1. The van der Waals surface area contributed by atoms with Crippen molar-refractivity contribution in [2.24, 2.45) is 0 Å². The summed E-state index contributed by atoms with van der Waals surface area (Å²) in [6.07, 6.45) is 1.48. The molecule has 0 spiro atoms. The molecule has 25 heavy (non-hydrogen) atoms. The van der Waals surface area contributed by atoms with E-state index in [-0.39, 0.29) is 16.8 Å². The third-order valence-corrected chi connectivity index (χ3v) is 3.84. The van der Waals surface area contributed by atoms with Crippen LogP contribution in [0, 0.1) is 12.7 Å². The van der Waals surface area contributed by atoms with Crippen LogP contribution >= 0.6 is 0 Å². The number of hydrogen-bond acceptors (Lipinski definition) is 2. The second-order valence-electron chi connectivity index (χ2n) is 5.80. The van der Waals surface area contributed by atoms with E-state index >= 15 is 0 Å². The van der Waals surface area contributed by atoms with Gasteiger partial charge in [0, 0.05) is 12.3 Å². The minimum Gasteiger partial charge on any atom is -0.319 e. The summed E-state index contributed by atoms with van der Waals surface area (Å²) in [4.78, 5) is 24.4. The fourth-order valence-electron chi connectivity index (χ4n) is 2.44. The maximum Gasteiger partial charge on any atom is 0.257 e. The molecule has 126 valence electrons. The van der Waals surface area contributed by atoms with E-state index in [0.29, 0.717) is 6.54 Å². The average molecular weight is 336 g/mol. The first-order valence-corrected chi connectivity index (χ1v) is 7.85. The Morgan fingerprint density at radius 1 is 1.04 bits per heavy atom. The molecule has 1 amide bonds. The Morgan fingerprint density at radius 3 is 2.48 bits per heavy atom. The maximum absolute atomic E-state index is 13.7. The van der Waals surface area contributed by atoms with Gasteiger partial charge >= 0.3 is 0 Å². The topological polar surface area (TPSA) is 51.1 Å². The number of aromatic nitrogens is 1. The molecule has 0 bridgehead atoms. The monoisotopic (exact) mass is 336 g/mol. The van der Waals surface area contributed by atoms with Crippen LogP contribution in [-0.4, -0.2) is 10.5 Å². The summed E-state index contributed by atoms with van der Waals surface area (Å²) in [6.45, 7) is 2.35. The van der Waals surface area contributed by atoms with Crippen molar-refractivity contribution in [1.29, 1.82) is 0 Å². The smallest absolute Gasteiger partial charge is 0.257 e. The van der Waals surface area contributed by atoms with Gasteiger partial charge in [-0.2, -0.15) is 0 Å². The fourth-order valence-corrected chi connectivity index (χ4v) is 2.44. The molecule has 0 unspecified atom stereocenters. The summed E-state index contributed by atoms with van der Waals surface area (Å²) in [5, 5.41) is 2.52. The van der Waals surface area contributed by atoms with E-state index in [2.05, 4.69) is 5.32 Å². The minimum absolute atomic E-state index is 0.101. The van der Waals surface area contributed by atoms with E-state index in [1.807, 2.05) is 31.2 Å². The summed E-state index contributed by atoms with van der Waals surface area (Å²) in [5.74, 6) is -0.980. The summed E-state index contributed by atoms with van der Waals surface area (Å²) in [6, 6.07) is 16.5. The Morgan fingerprint density at radius 2 is 1.76 bits per heavy atom. The quantitative estimate of drug-likeness (QED) is 0.791. The number of nitrogens with one attached hydrogen (secondary N) is 1. The first-order chi connectivity index (χ1) is 12.0. The second-order valence-corrected chi connectivity index (χ2v) is 5.80. The largest absolute Gasteiger partial charge is 0.319 e. The van der Waals surface area contributed by atoms with Gasteiger partial charge < -0.3 is 9.88 Å². The molecule has 4 nitrogen and oxygen atoms in total. The Kier molecular flexibility index (Phi) is 4.75. The molecule has 0 aliphatic heterocycles. The Balaban J connectivity index is 1.83. The lowest BCUT2D eigenvalue weighted by atomic mass is 10.1. The van der Waals surface area contributed by atoms with Crippen LogP contribution in [0.2, 0.25) is 0 Å². The van der Waals surface area contributed by atoms with Crippen molar-refractivity contribution in [3.63, 3.8) is 0 Å². The average Bonchev–Trinajstić information content (AvgIpc) is 2.60. The number of carbonyl (C=O) groups is 1. The van der Waals surface area contributed by atoms with Gasteiger partial charge in [0.25, 0.3) is 11.5 Å². The van der Waals surface area contributed by atoms with Crippen molar-refractivity contribution < 1.29 is 9.18 Å². The number of nitrogens with zero attached hydrogens (tertiary/aromatic N) is 1. The summed E-state index contributed by atoms with van der Waals surface area (Å²) >= 11 is 0. The van der Waals surface area contributed by atoms with Crippen LogP contribution in [-0.2, 0) is 6.54 Å². The van der Waals surface area contributed by atoms with Gasteiger partial charge in [0.2, 0.25) is 0 Å². The van der Waals surface area contributed by atoms with E-state index in [9.17, 15) is 14.0 Å². The van der Waals surface area contributed by atoms with Gasteiger partial charge in [-0.25, -0.2) is 4.39 Å². The molecule has 1 aromatic heterocycles. The highest BCUT2D eigenvalue weighted by atomic mass is 19.1. The first kappa shape index (κ1) is 16.6. The molecule has 0 aliphatic rings. The van der Waals surface area contributed by atoms with Gasteiger partial charge in [-0.3, -0.25) is 9.59 Å². The molecule has 0 saturated carbocycles. The third kappa shape index (κ3) is 4.01. The Hall–Kier alpha value is -3.21. The van der Waals surface area contributed by atoms with Gasteiger partial charge in [0.05, 0.1) is 17.8 Å². The van der Waals surface area contributed by atoms with Crippen molar-refractivity contribution >= 4 is 11.6 Å². The van der Waals surface area contributed by atoms with Crippen LogP contribution in [0.5, 0.6) is 0 Å². The van der Waals surface area contributed by atoms with Crippen LogP contribution < -0.4 is 10.9 Å². The van der Waals surface area contributed by atoms with Gasteiger partial charge in [-0.15, -0.1) is 0 Å². The number of amides is 1. The second kappa shape index (κ2) is 7.13. The number of benzene rings is 2. The summed E-state index contributed by atoms with van der Waals surface area (Å²) in [5.41, 5.74) is 2.27. The number of halogens is 1. The number of hydrogen-bond donors (Lipinski definition) is 1. The minimum atomic E-state index is -0.510. The third-order valence-electron chi connectivity index (χ3n) is 3.84. The predicted molar refractivity (Wildman–Crippen MR) is 95.3 cm³/mol. The van der Waals surface area contributed by atoms with E-state index < -0.39 is 11.7 Å². The highest BCUT2D eigenvalue weighted by Crippen LogP contribution is 2.14. The van der Waals surface area contributed by atoms with Gasteiger partial charge in [-0.05, 0) is 30.7 Å². The zero-order valence-electron chi connectivity index (χ0n) is 13.7. The normalized spacial score (nSPS) is 10.5. The molecule has 3 aromatic rings. The predicted octanol–water partition coefficient (Wildman–Crippen LogP) is 3.60. The highest BCUT2D eigenvalue weighted by molar-refractivity contribution is 6.04. The molecule has 0 atom stereocenters. The van der Waals surface area contributed by atoms with E-state index in [0.717, 1.165) is 11.1 Å². The number of anilines is 1. The zero-order chi connectivity index (χ0) is 17.8. The number of pyridine rings is 1. The lowest BCUT2D eigenvalue weighted by Gasteiger charge is -2.10. The van der Waals surface area contributed by atoms with Crippen molar-refractivity contribution in [2.75, 3.05) is 5.32 Å². The number of carbonyl (C=O) groups excluding carboxylic acids is 1. The van der Waals surface area contributed by atoms with Crippen LogP contribution in [0.1, 0.15) is 21.5 Å². The fraction of sp³-hybridized carbons (Fsp3) is 0.100. The number of para-hydroxylation sites is 1. The SMILES string of the molecule is Cc1ccc(Cn2cc(C(=O)Nc3ccccc3F)ccc2=O)cc1. The molecule has 0 radical (unpaired) electrons. The van der Waals surface area contributed by atoms with Crippen LogP contribution in [0.4, 0.5) is 10.1 Å². The van der Waals surface area contributed by atoms with Crippen molar-refractivity contribution in [1.82, 2.24) is 4.57 Å². The van der Waals surface area contributed by atoms with E-state index in [4.69, 9.17) is 0 Å². The Bertz CT molecular complexity index is 962. The molecule has 0 aliphatic carbocycles. The first-order valence-electron chi connectivity index (χ1n) is 7.85. The molecule has 3 rings (SSSR count). The van der Waals surface area contributed by atoms with Gasteiger partial charge in [0.15, 0.2) is 0 Å². The number of aryl methyl sites for hydroxylation is 1. The standard InChI is InChI=1S/C20H17FN2O2/c1-14-6-8-15(9-7-14)12-23-13-16(10-11-19(23)24)20(25)22-18-5-3-2-4-17(18)21/h2-11,13H,12H2,1H3,(H,22,25). The van der Waals surface area contributed by atoms with Crippen molar-refractivity contribution in [2.45, 2.75) is 13.5 Å². The Labute approximate surface area is 144 Å². The maximum atomic E-state index is 13.7. The van der Waals surface area contributed by atoms with Crippen molar-refractivity contribution in [3.8, 4) is 0 Å². The lowest BCUT2D eigenvalue weighted by molar-refractivity contribution is 0.102. The van der Waals surface area contributed by atoms with Crippen LogP contribution in [0.15, 0.2) is 71.7 Å². The van der Waals surface area contributed by atoms with E-state index in [1.165, 1.54) is 35.0 Å². The number of rotatable bonds is 4. The molecule has 5 heteroatoms. The van der Waals surface area contributed by atoms with Crippen molar-refractivity contribution in [3.05, 3.63) is 99.7 Å². The highest BCUT2D eigenvalue weighted by Gasteiger charge is 2.10. The molecule has 2 aromatic carbocycles. The molecule has 0 fully saturated rings. The lowest BCUT2D eigenvalue weighted by Crippen LogP contribution is -2.22. The van der Waals surface area contributed by atoms with Crippen LogP contribution in [0.25, 0.3) is 0 Å². The van der Waals surface area contributed by atoms with Gasteiger partial charge in [-0.1, -0.05) is 42.0 Å². The molecule has 0 saturated heterocycles. The summed E-state index contributed by atoms with van der Waals surface area (Å²) in [7, 11) is 0. The molecular formula is C20H17FN2O2. The van der Waals surface area contributed by atoms with Crippen LogP contribution in [0.3, 0.4) is 0 Å². The molecule has 1 heterocycles. The molecule has 1 N–H and O–H groups in total. The molecular weight excluding hydrogens is 319 g/mol. The zero-order valence-corrected chi connectivity index (χ0v) is 13.7. The van der Waals surface area contributed by atoms with Gasteiger partial charge in [0.1, 0.15) is 5.82 Å². The van der Waals surface area contributed by atoms with E-state index in [1.54, 1.807) is 12.1 Å².